The molecule has 3 aliphatic rings. The van der Waals surface area contributed by atoms with Gasteiger partial charge >= 0.3 is 0 Å². The van der Waals surface area contributed by atoms with Gasteiger partial charge in [0, 0.05) is 35.1 Å². The second-order valence-corrected chi connectivity index (χ2v) is 10.3. The molecule has 4 aromatic rings. The van der Waals surface area contributed by atoms with Crippen molar-refractivity contribution in [2.24, 2.45) is 11.8 Å². The van der Waals surface area contributed by atoms with Crippen molar-refractivity contribution in [2.75, 3.05) is 23.8 Å². The summed E-state index contributed by atoms with van der Waals surface area (Å²) in [6.45, 7) is 1.42. The molecule has 3 fully saturated rings. The van der Waals surface area contributed by atoms with E-state index in [2.05, 4.69) is 32.0 Å². The highest BCUT2D eigenvalue weighted by Crippen LogP contribution is 2.47. The van der Waals surface area contributed by atoms with E-state index in [1.165, 1.54) is 18.3 Å². The molecule has 0 radical (unpaired) electrons. The fourth-order valence-corrected chi connectivity index (χ4v) is 5.41. The number of rotatable bonds is 7. The number of anilines is 2. The van der Waals surface area contributed by atoms with Crippen LogP contribution in [-0.4, -0.2) is 39.2 Å². The number of pyridine rings is 1. The van der Waals surface area contributed by atoms with Crippen LogP contribution in [0.1, 0.15) is 43.1 Å². The molecule has 2 aromatic heterocycles. The Balaban J connectivity index is 1.32. The van der Waals surface area contributed by atoms with Crippen molar-refractivity contribution in [1.29, 1.82) is 5.26 Å². The molecule has 2 aliphatic carbocycles. The molecule has 1 aliphatic heterocycles. The first-order valence-corrected chi connectivity index (χ1v) is 12.7. The fourth-order valence-electron chi connectivity index (χ4n) is 5.15. The molecule has 2 aromatic carbocycles. The molecule has 0 bridgehead atoms. The van der Waals surface area contributed by atoms with Crippen LogP contribution in [0.25, 0.3) is 10.9 Å². The van der Waals surface area contributed by atoms with Crippen molar-refractivity contribution in [2.45, 2.75) is 30.9 Å². The van der Waals surface area contributed by atoms with Gasteiger partial charge in [-0.25, -0.2) is 9.07 Å². The second-order valence-electron chi connectivity index (χ2n) is 9.87. The van der Waals surface area contributed by atoms with E-state index < -0.39 is 11.8 Å². The summed E-state index contributed by atoms with van der Waals surface area (Å²) in [6, 6.07) is 10.5. The number of halogens is 2. The molecule has 2 N–H and O–H groups in total. The Morgan fingerprint density at radius 3 is 2.73 bits per heavy atom. The van der Waals surface area contributed by atoms with Gasteiger partial charge < -0.3 is 15.4 Å². The molecule has 1 unspecified atom stereocenters. The van der Waals surface area contributed by atoms with Crippen LogP contribution in [0.4, 0.5) is 15.8 Å². The predicted octanol–water partition coefficient (Wildman–Crippen LogP) is 5.08. The first-order valence-electron chi connectivity index (χ1n) is 12.8. The summed E-state index contributed by atoms with van der Waals surface area (Å²) in [5.74, 6) is 0.456. The number of benzene rings is 2. The Kier molecular flexibility index (Phi) is 5.01. The van der Waals surface area contributed by atoms with E-state index in [9.17, 15) is 11.0 Å². The van der Waals surface area contributed by atoms with E-state index in [1.807, 2.05) is 6.07 Å². The third kappa shape index (κ3) is 4.06. The number of fused-ring (bicyclic) bond motifs is 2. The van der Waals surface area contributed by atoms with Crippen molar-refractivity contribution in [1.82, 2.24) is 20.0 Å². The Morgan fingerprint density at radius 2 is 2.00 bits per heavy atom. The summed E-state index contributed by atoms with van der Waals surface area (Å²) in [5.41, 5.74) is 3.03. The van der Waals surface area contributed by atoms with Crippen LogP contribution in [0.3, 0.4) is 0 Å². The lowest BCUT2D eigenvalue weighted by molar-refractivity contribution is 0.162. The zero-order valence-corrected chi connectivity index (χ0v) is 20.4. The number of aromatic nitrogens is 4. The number of hydrogen-bond acceptors (Lipinski definition) is 7. The van der Waals surface area contributed by atoms with Gasteiger partial charge in [0.25, 0.3) is 0 Å². The van der Waals surface area contributed by atoms with E-state index in [4.69, 9.17) is 16.3 Å². The second kappa shape index (κ2) is 8.68. The molecule has 37 heavy (non-hydrogen) atoms. The normalized spacial score (nSPS) is 24.1. The minimum atomic E-state index is -1.59. The summed E-state index contributed by atoms with van der Waals surface area (Å²) in [6.07, 6.45) is 5.34. The largest absolute Gasteiger partial charge is 0.381 e. The molecule has 4 atom stereocenters. The first-order chi connectivity index (χ1) is 18.4. The summed E-state index contributed by atoms with van der Waals surface area (Å²) in [4.78, 5) is 4.44. The maximum Gasteiger partial charge on any atom is 0.123 e. The van der Waals surface area contributed by atoms with Gasteiger partial charge in [-0.2, -0.15) is 5.26 Å². The van der Waals surface area contributed by atoms with Crippen LogP contribution in [0.5, 0.6) is 0 Å². The van der Waals surface area contributed by atoms with Crippen molar-refractivity contribution < 1.29 is 10.5 Å². The highest BCUT2D eigenvalue weighted by molar-refractivity contribution is 6.35. The van der Waals surface area contributed by atoms with Crippen LogP contribution in [0.2, 0.25) is 5.02 Å². The highest BCUT2D eigenvalue weighted by Gasteiger charge is 2.54. The lowest BCUT2D eigenvalue weighted by Crippen LogP contribution is -2.15. The van der Waals surface area contributed by atoms with Gasteiger partial charge in [0.1, 0.15) is 17.6 Å². The average Bonchev–Trinajstić information content (AvgIpc) is 3.73. The quantitative estimate of drug-likeness (QED) is 0.353. The molecule has 8 nitrogen and oxygen atoms in total. The smallest absolute Gasteiger partial charge is 0.123 e. The molecule has 186 valence electrons. The van der Waals surface area contributed by atoms with Crippen molar-refractivity contribution >= 4 is 33.9 Å². The lowest BCUT2D eigenvalue weighted by atomic mass is 10.0. The monoisotopic (exact) mass is 516 g/mol. The van der Waals surface area contributed by atoms with Gasteiger partial charge in [0.15, 0.2) is 0 Å². The van der Waals surface area contributed by atoms with Crippen molar-refractivity contribution in [3.05, 3.63) is 76.5 Å². The van der Waals surface area contributed by atoms with E-state index in [0.29, 0.717) is 75.2 Å². The summed E-state index contributed by atoms with van der Waals surface area (Å²) in [5, 5.41) is 26.2. The van der Waals surface area contributed by atoms with E-state index >= 15 is 0 Å². The van der Waals surface area contributed by atoms with Crippen LogP contribution in [-0.2, 0) is 4.74 Å². The number of nitrogens with zero attached hydrogens (tertiary/aromatic N) is 5. The summed E-state index contributed by atoms with van der Waals surface area (Å²) in [7, 11) is 0. The van der Waals surface area contributed by atoms with E-state index in [1.54, 1.807) is 29.1 Å². The Hall–Kier alpha value is -3.74. The summed E-state index contributed by atoms with van der Waals surface area (Å²) < 4.78 is 30.6. The zero-order chi connectivity index (χ0) is 26.0. The average molecular weight is 517 g/mol. The SMILES string of the molecule is [2H][C@](Nc1cc(Cl)c2ncc(C#N)c(NC3[C@H]4COC[C@@H]34)c2c1)(c1ccc(F)cc1)c1cn(C2CC2)nn1. The Bertz CT molecular complexity index is 1590. The van der Waals surface area contributed by atoms with Crippen LogP contribution < -0.4 is 10.6 Å². The van der Waals surface area contributed by atoms with Crippen LogP contribution >= 0.6 is 11.6 Å². The van der Waals surface area contributed by atoms with E-state index in [0.717, 1.165) is 12.8 Å². The molecular weight excluding hydrogens is 493 g/mol. The van der Waals surface area contributed by atoms with Gasteiger partial charge in [0.2, 0.25) is 0 Å². The molecular formula is C27H23ClFN7O. The number of nitriles is 1. The lowest BCUT2D eigenvalue weighted by Gasteiger charge is -2.20. The minimum absolute atomic E-state index is 0.226. The number of ether oxygens (including phenoxy) is 1. The molecule has 1 saturated heterocycles. The maximum absolute atomic E-state index is 13.8. The van der Waals surface area contributed by atoms with Crippen molar-refractivity contribution in [3.63, 3.8) is 0 Å². The van der Waals surface area contributed by atoms with Gasteiger partial charge in [-0.3, -0.25) is 4.98 Å². The maximum atomic E-state index is 13.8. The standard InChI is InChI=1S/C27H23ClFN7O/c28-22-8-17(7-19-24(15(9-30)10-31-27(19)22)33-26-20-12-37-13-21(20)26)32-25(14-1-3-16(29)4-2-14)23-11-36(35-34-23)18-5-6-18/h1-4,7-8,10-11,18,20-21,25-26,32H,5-6,12-13H2,(H,31,33)/t20-,21+,25-,26?/m0/s1/i25D. The van der Waals surface area contributed by atoms with Crippen molar-refractivity contribution in [3.8, 4) is 6.07 Å². The third-order valence-corrected chi connectivity index (χ3v) is 7.69. The molecule has 10 heteroatoms. The third-order valence-electron chi connectivity index (χ3n) is 7.40. The fraction of sp³-hybridized carbons (Fsp3) is 0.333. The van der Waals surface area contributed by atoms with Gasteiger partial charge in [-0.1, -0.05) is 28.9 Å². The first kappa shape index (κ1) is 21.4. The van der Waals surface area contributed by atoms with Gasteiger partial charge in [0.05, 0.1) is 54.6 Å². The molecule has 7 rings (SSSR count). The van der Waals surface area contributed by atoms with Crippen LogP contribution in [0, 0.1) is 29.0 Å². The Labute approximate surface area is 218 Å². The highest BCUT2D eigenvalue weighted by atomic mass is 35.5. The predicted molar refractivity (Wildman–Crippen MR) is 137 cm³/mol. The summed E-state index contributed by atoms with van der Waals surface area (Å²) >= 11 is 6.70. The minimum Gasteiger partial charge on any atom is -0.381 e. The number of hydrogen-bond donors (Lipinski definition) is 2. The number of nitrogens with one attached hydrogen (secondary N) is 2. The van der Waals surface area contributed by atoms with Gasteiger partial charge in [-0.15, -0.1) is 5.10 Å². The van der Waals surface area contributed by atoms with E-state index in [-0.39, 0.29) is 6.04 Å². The van der Waals surface area contributed by atoms with Gasteiger partial charge in [-0.05, 0) is 42.7 Å². The Morgan fingerprint density at radius 1 is 1.22 bits per heavy atom. The topological polar surface area (TPSA) is 101 Å². The molecule has 0 spiro atoms. The molecule has 2 saturated carbocycles. The van der Waals surface area contributed by atoms with Crippen LogP contribution in [0.15, 0.2) is 48.8 Å². The zero-order valence-electron chi connectivity index (χ0n) is 20.7. The molecule has 0 amide bonds. The molecule has 3 heterocycles.